The number of aromatic nitrogens is 1. The van der Waals surface area contributed by atoms with Crippen molar-refractivity contribution in [1.82, 2.24) is 20.1 Å². The molecule has 1 aromatic carbocycles. The molecule has 2 aromatic rings. The van der Waals surface area contributed by atoms with E-state index in [0.29, 0.717) is 11.8 Å². The van der Waals surface area contributed by atoms with E-state index in [4.69, 9.17) is 16.6 Å². The molecule has 4 nitrogen and oxygen atoms in total. The van der Waals surface area contributed by atoms with Crippen LogP contribution >= 0.6 is 11.6 Å². The van der Waals surface area contributed by atoms with Crippen LogP contribution in [0.3, 0.4) is 0 Å². The van der Waals surface area contributed by atoms with E-state index >= 15 is 0 Å². The number of halogens is 1. The molecule has 1 atom stereocenters. The lowest BCUT2D eigenvalue weighted by Crippen LogP contribution is -2.38. The summed E-state index contributed by atoms with van der Waals surface area (Å²) in [6.07, 6.45) is 8.67. The minimum absolute atomic E-state index is 0.387. The van der Waals surface area contributed by atoms with E-state index in [1.807, 2.05) is 6.20 Å². The minimum Gasteiger partial charge on any atom is -0.372 e. The third-order valence-corrected chi connectivity index (χ3v) is 7.14. The van der Waals surface area contributed by atoms with Crippen molar-refractivity contribution in [3.05, 3.63) is 75.8 Å². The molecule has 0 bridgehead atoms. The monoisotopic (exact) mass is 408 g/mol. The van der Waals surface area contributed by atoms with Gasteiger partial charge in [-0.25, -0.2) is 0 Å². The number of likely N-dealkylation sites (tertiary alicyclic amines) is 1. The first-order valence-electron chi connectivity index (χ1n) is 10.8. The highest BCUT2D eigenvalue weighted by Crippen LogP contribution is 2.42. The summed E-state index contributed by atoms with van der Waals surface area (Å²) in [6, 6.07) is 10.9. The van der Waals surface area contributed by atoms with Crippen molar-refractivity contribution in [2.45, 2.75) is 31.6 Å². The topological polar surface area (TPSA) is 31.4 Å². The maximum absolute atomic E-state index is 6.35. The first-order valence-corrected chi connectivity index (χ1v) is 11.1. The van der Waals surface area contributed by atoms with E-state index < -0.39 is 0 Å². The molecule has 1 N–H and O–H groups in total. The predicted molar refractivity (Wildman–Crippen MR) is 118 cm³/mol. The van der Waals surface area contributed by atoms with Crippen LogP contribution in [0.15, 0.2) is 48.4 Å². The molecule has 1 unspecified atom stereocenters. The van der Waals surface area contributed by atoms with Gasteiger partial charge in [0.05, 0.1) is 12.4 Å². The number of likely N-dealkylation sites (N-methyl/N-ethyl adjacent to an activating group) is 1. The van der Waals surface area contributed by atoms with Crippen molar-refractivity contribution < 1.29 is 0 Å². The van der Waals surface area contributed by atoms with Crippen LogP contribution in [-0.4, -0.2) is 48.1 Å². The van der Waals surface area contributed by atoms with Gasteiger partial charge in [-0.15, -0.1) is 0 Å². The number of hydrogen-bond acceptors (Lipinski definition) is 4. The Bertz CT molecular complexity index is 917. The van der Waals surface area contributed by atoms with Gasteiger partial charge in [-0.2, -0.15) is 0 Å². The fourth-order valence-electron chi connectivity index (χ4n) is 5.28. The smallest absolute Gasteiger partial charge is 0.0867 e. The molecule has 0 radical (unpaired) electrons. The van der Waals surface area contributed by atoms with Crippen molar-refractivity contribution in [3.63, 3.8) is 0 Å². The molecular formula is C24H29ClN4. The third-order valence-electron chi connectivity index (χ3n) is 6.90. The van der Waals surface area contributed by atoms with Gasteiger partial charge in [0.1, 0.15) is 0 Å². The molecule has 0 amide bonds. The van der Waals surface area contributed by atoms with E-state index in [2.05, 4.69) is 58.7 Å². The second-order valence-corrected chi connectivity index (χ2v) is 9.11. The van der Waals surface area contributed by atoms with Crippen LogP contribution in [0.25, 0.3) is 0 Å². The zero-order valence-electron chi connectivity index (χ0n) is 17.1. The summed E-state index contributed by atoms with van der Waals surface area (Å²) < 4.78 is 0. The summed E-state index contributed by atoms with van der Waals surface area (Å²) in [5.74, 6) is 1.02. The SMILES string of the molecule is CN1CNC=C1CN1CCC(C2c3ccc(Cl)cc3CCc3cccnc32)CC1. The quantitative estimate of drug-likeness (QED) is 0.831. The highest BCUT2D eigenvalue weighted by atomic mass is 35.5. The van der Waals surface area contributed by atoms with E-state index in [9.17, 15) is 0 Å². The lowest BCUT2D eigenvalue weighted by atomic mass is 9.76. The molecule has 5 rings (SSSR count). The highest BCUT2D eigenvalue weighted by Gasteiger charge is 2.34. The largest absolute Gasteiger partial charge is 0.372 e. The first kappa shape index (κ1) is 19.0. The van der Waals surface area contributed by atoms with Gasteiger partial charge in [0.2, 0.25) is 0 Å². The molecule has 0 spiro atoms. The Morgan fingerprint density at radius 3 is 2.76 bits per heavy atom. The summed E-state index contributed by atoms with van der Waals surface area (Å²) in [7, 11) is 2.16. The van der Waals surface area contributed by atoms with Crippen LogP contribution in [0, 0.1) is 5.92 Å². The number of benzene rings is 1. The number of hydrogen-bond donors (Lipinski definition) is 1. The fraction of sp³-hybridized carbons (Fsp3) is 0.458. The van der Waals surface area contributed by atoms with Crippen LogP contribution in [-0.2, 0) is 12.8 Å². The Kier molecular flexibility index (Phi) is 5.23. The summed E-state index contributed by atoms with van der Waals surface area (Å²) >= 11 is 6.35. The van der Waals surface area contributed by atoms with Crippen LogP contribution in [0.5, 0.6) is 0 Å². The zero-order valence-corrected chi connectivity index (χ0v) is 17.8. The zero-order chi connectivity index (χ0) is 19.8. The van der Waals surface area contributed by atoms with Gasteiger partial charge in [-0.3, -0.25) is 9.88 Å². The number of nitrogens with zero attached hydrogens (tertiary/aromatic N) is 3. The summed E-state index contributed by atoms with van der Waals surface area (Å²) in [5.41, 5.74) is 6.97. The summed E-state index contributed by atoms with van der Waals surface area (Å²) in [4.78, 5) is 9.80. The van der Waals surface area contributed by atoms with Gasteiger partial charge in [-0.1, -0.05) is 23.7 Å². The average Bonchev–Trinajstić information content (AvgIpc) is 3.06. The standard InChI is InChI=1S/C24H29ClN4/c1-28-16-26-14-21(28)15-29-11-8-17(9-12-29)23-22-7-6-20(25)13-19(22)5-4-18-3-2-10-27-24(18)23/h2-3,6-7,10,13-14,17,23,26H,4-5,8-9,11-12,15-16H2,1H3. The first-order chi connectivity index (χ1) is 14.2. The molecule has 1 aliphatic carbocycles. The fourth-order valence-corrected chi connectivity index (χ4v) is 5.48. The molecular weight excluding hydrogens is 380 g/mol. The Labute approximate surface area is 178 Å². The molecule has 5 heteroatoms. The van der Waals surface area contributed by atoms with Crippen molar-refractivity contribution in [1.29, 1.82) is 0 Å². The summed E-state index contributed by atoms with van der Waals surface area (Å²) in [5, 5.41) is 4.17. The second kappa shape index (κ2) is 8.00. The maximum Gasteiger partial charge on any atom is 0.0867 e. The van der Waals surface area contributed by atoms with Crippen molar-refractivity contribution in [3.8, 4) is 0 Å². The molecule has 1 fully saturated rings. The maximum atomic E-state index is 6.35. The molecule has 1 saturated heterocycles. The Morgan fingerprint density at radius 1 is 1.14 bits per heavy atom. The molecule has 2 aliphatic heterocycles. The van der Waals surface area contributed by atoms with E-state index in [-0.39, 0.29) is 0 Å². The lowest BCUT2D eigenvalue weighted by Gasteiger charge is -2.37. The molecule has 3 heterocycles. The van der Waals surface area contributed by atoms with Gasteiger partial charge >= 0.3 is 0 Å². The Hall–Kier alpha value is -2.04. The average molecular weight is 409 g/mol. The van der Waals surface area contributed by atoms with Gasteiger partial charge in [-0.05, 0) is 79.6 Å². The van der Waals surface area contributed by atoms with Gasteiger partial charge in [0, 0.05) is 42.6 Å². The van der Waals surface area contributed by atoms with Crippen LogP contribution in [0.4, 0.5) is 0 Å². The van der Waals surface area contributed by atoms with Crippen LogP contribution in [0.1, 0.15) is 41.1 Å². The third kappa shape index (κ3) is 3.76. The number of rotatable bonds is 3. The molecule has 152 valence electrons. The van der Waals surface area contributed by atoms with E-state index in [0.717, 1.165) is 44.2 Å². The van der Waals surface area contributed by atoms with E-state index in [1.165, 1.54) is 40.9 Å². The minimum atomic E-state index is 0.387. The number of pyridine rings is 1. The molecule has 3 aliphatic rings. The normalized spacial score (nSPS) is 22.5. The lowest BCUT2D eigenvalue weighted by molar-refractivity contribution is 0.177. The Morgan fingerprint density at radius 2 is 1.97 bits per heavy atom. The van der Waals surface area contributed by atoms with Gasteiger partial charge in [0.25, 0.3) is 0 Å². The Balaban J connectivity index is 1.39. The number of aryl methyl sites for hydroxylation is 2. The van der Waals surface area contributed by atoms with Crippen molar-refractivity contribution in [2.24, 2.45) is 5.92 Å². The molecule has 29 heavy (non-hydrogen) atoms. The van der Waals surface area contributed by atoms with E-state index in [1.54, 1.807) is 0 Å². The van der Waals surface area contributed by atoms with Crippen molar-refractivity contribution in [2.75, 3.05) is 33.4 Å². The second-order valence-electron chi connectivity index (χ2n) is 8.68. The van der Waals surface area contributed by atoms with Crippen LogP contribution < -0.4 is 5.32 Å². The number of nitrogens with one attached hydrogen (secondary N) is 1. The van der Waals surface area contributed by atoms with Gasteiger partial charge in [0.15, 0.2) is 0 Å². The summed E-state index contributed by atoms with van der Waals surface area (Å²) in [6.45, 7) is 4.27. The predicted octanol–water partition coefficient (Wildman–Crippen LogP) is 4.01. The number of piperidine rings is 1. The molecule has 0 saturated carbocycles. The van der Waals surface area contributed by atoms with Gasteiger partial charge < -0.3 is 10.2 Å². The highest BCUT2D eigenvalue weighted by molar-refractivity contribution is 6.30. The number of fused-ring (bicyclic) bond motifs is 2. The molecule has 1 aromatic heterocycles. The van der Waals surface area contributed by atoms with Crippen molar-refractivity contribution >= 4 is 11.6 Å². The van der Waals surface area contributed by atoms with Crippen LogP contribution in [0.2, 0.25) is 5.02 Å².